The lowest BCUT2D eigenvalue weighted by molar-refractivity contribution is 0.658. The summed E-state index contributed by atoms with van der Waals surface area (Å²) >= 11 is 0. The van der Waals surface area contributed by atoms with Crippen LogP contribution in [0.5, 0.6) is 0 Å². The zero-order valence-electron chi connectivity index (χ0n) is 26.7. The summed E-state index contributed by atoms with van der Waals surface area (Å²) in [5, 5.41) is 8.96. The zero-order valence-corrected chi connectivity index (χ0v) is 26.7. The lowest BCUT2D eigenvalue weighted by atomic mass is 9.93. The molecule has 0 fully saturated rings. The SMILES string of the molecule is c1cc(-c2cccc(-c3c4oc5ccccc5c4cc4c3oc3ccccc34)c2)cc(-c2ccc3c4ccccc4c4nccnc4c3c2)c1. The minimum Gasteiger partial charge on any atom is -0.455 e. The second-order valence-corrected chi connectivity index (χ2v) is 12.9. The largest absolute Gasteiger partial charge is 0.455 e. The number of benzene rings is 8. The summed E-state index contributed by atoms with van der Waals surface area (Å²) < 4.78 is 13.2. The van der Waals surface area contributed by atoms with E-state index in [1.807, 2.05) is 24.3 Å². The van der Waals surface area contributed by atoms with Gasteiger partial charge in [0.15, 0.2) is 0 Å². The van der Waals surface area contributed by atoms with Crippen molar-refractivity contribution in [2.75, 3.05) is 0 Å². The number of nitrogens with zero attached hydrogens (tertiary/aromatic N) is 2. The van der Waals surface area contributed by atoms with Gasteiger partial charge in [0.2, 0.25) is 0 Å². The summed E-state index contributed by atoms with van der Waals surface area (Å²) in [5.41, 5.74) is 11.8. The maximum absolute atomic E-state index is 6.59. The highest BCUT2D eigenvalue weighted by Crippen LogP contribution is 2.45. The quantitative estimate of drug-likeness (QED) is 0.181. The lowest BCUT2D eigenvalue weighted by Crippen LogP contribution is -1.89. The second kappa shape index (κ2) is 10.4. The maximum atomic E-state index is 6.59. The van der Waals surface area contributed by atoms with Gasteiger partial charge in [-0.2, -0.15) is 0 Å². The van der Waals surface area contributed by atoms with Crippen molar-refractivity contribution in [1.29, 1.82) is 0 Å². The molecule has 11 rings (SSSR count). The molecule has 232 valence electrons. The van der Waals surface area contributed by atoms with E-state index in [0.29, 0.717) is 0 Å². The summed E-state index contributed by atoms with van der Waals surface area (Å²) in [6.07, 6.45) is 3.55. The molecule has 0 amide bonds. The first kappa shape index (κ1) is 27.2. The molecule has 0 bridgehead atoms. The van der Waals surface area contributed by atoms with Gasteiger partial charge < -0.3 is 8.83 Å². The topological polar surface area (TPSA) is 52.1 Å². The van der Waals surface area contributed by atoms with Crippen LogP contribution >= 0.6 is 0 Å². The van der Waals surface area contributed by atoms with Gasteiger partial charge in [-0.25, -0.2) is 0 Å². The molecular formula is C46H26N2O2. The number of furan rings is 2. The Hall–Kier alpha value is -6.78. The minimum atomic E-state index is 0.836. The van der Waals surface area contributed by atoms with Crippen LogP contribution < -0.4 is 0 Å². The van der Waals surface area contributed by atoms with E-state index in [1.54, 1.807) is 12.4 Å². The molecule has 0 saturated carbocycles. The summed E-state index contributed by atoms with van der Waals surface area (Å²) in [6.45, 7) is 0. The van der Waals surface area contributed by atoms with E-state index in [9.17, 15) is 0 Å². The Bertz CT molecular complexity index is 3040. The van der Waals surface area contributed by atoms with Crippen LogP contribution in [-0.4, -0.2) is 9.97 Å². The Labute approximate surface area is 285 Å². The fraction of sp³-hybridized carbons (Fsp3) is 0. The average Bonchev–Trinajstić information content (AvgIpc) is 3.75. The molecule has 3 heterocycles. The van der Waals surface area contributed by atoms with Crippen molar-refractivity contribution in [3.05, 3.63) is 158 Å². The van der Waals surface area contributed by atoms with Crippen LogP contribution in [-0.2, 0) is 0 Å². The van der Waals surface area contributed by atoms with Crippen LogP contribution in [0, 0.1) is 0 Å². The predicted molar refractivity (Wildman–Crippen MR) is 205 cm³/mol. The Morgan fingerprint density at radius 1 is 0.320 bits per heavy atom. The molecule has 4 nitrogen and oxygen atoms in total. The van der Waals surface area contributed by atoms with Gasteiger partial charge in [-0.05, 0) is 75.0 Å². The number of hydrogen-bond acceptors (Lipinski definition) is 4. The zero-order chi connectivity index (χ0) is 32.8. The van der Waals surface area contributed by atoms with Crippen molar-refractivity contribution in [1.82, 2.24) is 9.97 Å². The average molecular weight is 639 g/mol. The second-order valence-electron chi connectivity index (χ2n) is 12.9. The Balaban J connectivity index is 1.09. The standard InChI is InChI=1S/C46H26N2O2/c1-2-16-36-32(13-1)33-20-19-30(25-37(33)44-43(36)47-21-22-48-44)28-10-7-9-27(23-28)29-11-8-12-31(24-29)42-45-38(34-14-3-5-17-40(34)49-45)26-39-35-15-4-6-18-41(35)50-46(39)42/h1-26H. The van der Waals surface area contributed by atoms with E-state index in [-0.39, 0.29) is 0 Å². The first-order valence-electron chi connectivity index (χ1n) is 16.8. The van der Waals surface area contributed by atoms with Crippen molar-refractivity contribution in [2.45, 2.75) is 0 Å². The normalized spacial score (nSPS) is 12.0. The molecule has 0 unspecified atom stereocenters. The molecular weight excluding hydrogens is 613 g/mol. The van der Waals surface area contributed by atoms with Crippen LogP contribution in [0.15, 0.2) is 167 Å². The van der Waals surface area contributed by atoms with Gasteiger partial charge in [0, 0.05) is 44.7 Å². The number of hydrogen-bond donors (Lipinski definition) is 0. The van der Waals surface area contributed by atoms with E-state index in [1.165, 1.54) is 10.8 Å². The van der Waals surface area contributed by atoms with Gasteiger partial charge >= 0.3 is 0 Å². The molecule has 0 aliphatic rings. The van der Waals surface area contributed by atoms with Gasteiger partial charge in [0.1, 0.15) is 22.3 Å². The molecule has 4 heteroatoms. The van der Waals surface area contributed by atoms with E-state index >= 15 is 0 Å². The van der Waals surface area contributed by atoms with E-state index in [0.717, 1.165) is 99.1 Å². The van der Waals surface area contributed by atoms with E-state index in [2.05, 4.69) is 121 Å². The van der Waals surface area contributed by atoms with Crippen molar-refractivity contribution < 1.29 is 8.83 Å². The first-order chi connectivity index (χ1) is 24.8. The fourth-order valence-corrected chi connectivity index (χ4v) is 7.84. The lowest BCUT2D eigenvalue weighted by Gasteiger charge is -2.12. The Morgan fingerprint density at radius 3 is 1.44 bits per heavy atom. The van der Waals surface area contributed by atoms with Crippen LogP contribution in [0.4, 0.5) is 0 Å². The van der Waals surface area contributed by atoms with Gasteiger partial charge in [0.05, 0.1) is 16.6 Å². The Kier molecular flexibility index (Phi) is 5.63. The predicted octanol–water partition coefficient (Wildman–Crippen LogP) is 12.7. The molecule has 0 saturated heterocycles. The highest BCUT2D eigenvalue weighted by atomic mass is 16.3. The molecule has 0 spiro atoms. The smallest absolute Gasteiger partial charge is 0.147 e. The monoisotopic (exact) mass is 638 g/mol. The molecule has 0 radical (unpaired) electrons. The number of aromatic nitrogens is 2. The van der Waals surface area contributed by atoms with Crippen molar-refractivity contribution in [3.8, 4) is 33.4 Å². The Morgan fingerprint density at radius 2 is 0.800 bits per heavy atom. The van der Waals surface area contributed by atoms with Crippen molar-refractivity contribution >= 4 is 76.5 Å². The number of fused-ring (bicyclic) bond motifs is 12. The maximum Gasteiger partial charge on any atom is 0.147 e. The third-order valence-electron chi connectivity index (χ3n) is 10.1. The van der Waals surface area contributed by atoms with Gasteiger partial charge in [-0.15, -0.1) is 0 Å². The summed E-state index contributed by atoms with van der Waals surface area (Å²) in [4.78, 5) is 9.53. The van der Waals surface area contributed by atoms with E-state index in [4.69, 9.17) is 18.8 Å². The summed E-state index contributed by atoms with van der Waals surface area (Å²) in [6, 6.07) is 51.3. The molecule has 11 aromatic rings. The molecule has 0 aliphatic heterocycles. The number of para-hydroxylation sites is 2. The third-order valence-corrected chi connectivity index (χ3v) is 10.1. The highest BCUT2D eigenvalue weighted by molar-refractivity contribution is 6.24. The molecule has 0 atom stereocenters. The summed E-state index contributed by atoms with van der Waals surface area (Å²) in [7, 11) is 0. The van der Waals surface area contributed by atoms with Crippen LogP contribution in [0.2, 0.25) is 0 Å². The van der Waals surface area contributed by atoms with Crippen LogP contribution in [0.1, 0.15) is 0 Å². The van der Waals surface area contributed by atoms with E-state index < -0.39 is 0 Å². The fourth-order valence-electron chi connectivity index (χ4n) is 7.84. The summed E-state index contributed by atoms with van der Waals surface area (Å²) in [5.74, 6) is 0. The van der Waals surface area contributed by atoms with Crippen LogP contribution in [0.3, 0.4) is 0 Å². The molecule has 0 aliphatic carbocycles. The van der Waals surface area contributed by atoms with Gasteiger partial charge in [0.25, 0.3) is 0 Å². The van der Waals surface area contributed by atoms with Crippen molar-refractivity contribution in [2.24, 2.45) is 0 Å². The molecule has 50 heavy (non-hydrogen) atoms. The van der Waals surface area contributed by atoms with Gasteiger partial charge in [-0.3, -0.25) is 9.97 Å². The third kappa shape index (κ3) is 3.93. The minimum absolute atomic E-state index is 0.836. The van der Waals surface area contributed by atoms with Gasteiger partial charge in [-0.1, -0.05) is 109 Å². The molecule has 3 aromatic heterocycles. The van der Waals surface area contributed by atoms with Crippen molar-refractivity contribution in [3.63, 3.8) is 0 Å². The molecule has 8 aromatic carbocycles. The van der Waals surface area contributed by atoms with Crippen LogP contribution in [0.25, 0.3) is 110 Å². The number of rotatable bonds is 3. The molecule has 0 N–H and O–H groups in total. The first-order valence-corrected chi connectivity index (χ1v) is 16.8. The highest BCUT2D eigenvalue weighted by Gasteiger charge is 2.21.